The minimum atomic E-state index is -1.14. The molecule has 0 fully saturated rings. The average molecular weight is 274 g/mol. The number of nitrogens with two attached hydrogens (primary N) is 2. The van der Waals surface area contributed by atoms with E-state index in [1.807, 2.05) is 18.2 Å². The van der Waals surface area contributed by atoms with Gasteiger partial charge >= 0.3 is 0 Å². The third-order valence-electron chi connectivity index (χ3n) is 2.86. The van der Waals surface area contributed by atoms with E-state index in [-0.39, 0.29) is 5.56 Å². The molecule has 0 radical (unpaired) electrons. The molecule has 1 atom stereocenters. The summed E-state index contributed by atoms with van der Waals surface area (Å²) in [5.41, 5.74) is 13.3. The van der Waals surface area contributed by atoms with Crippen molar-refractivity contribution in [3.05, 3.63) is 48.0 Å². The van der Waals surface area contributed by atoms with Crippen LogP contribution in [0.2, 0.25) is 0 Å². The molecule has 19 heavy (non-hydrogen) atoms. The Morgan fingerprint density at radius 1 is 1.11 bits per heavy atom. The van der Waals surface area contributed by atoms with Crippen LogP contribution < -0.4 is 11.5 Å². The first-order valence-electron chi connectivity index (χ1n) is 5.63. The summed E-state index contributed by atoms with van der Waals surface area (Å²) in [5, 5.41) is 0. The summed E-state index contributed by atoms with van der Waals surface area (Å²) in [6.07, 6.45) is 1.60. The average Bonchev–Trinajstić information content (AvgIpc) is 2.38. The molecule has 0 saturated heterocycles. The van der Waals surface area contributed by atoms with Crippen LogP contribution in [-0.2, 0) is 11.2 Å². The second-order valence-electron chi connectivity index (χ2n) is 4.08. The van der Waals surface area contributed by atoms with Gasteiger partial charge < -0.3 is 16.0 Å². The van der Waals surface area contributed by atoms with Crippen LogP contribution in [-0.4, -0.2) is 16.7 Å². The van der Waals surface area contributed by atoms with Crippen molar-refractivity contribution < 1.29 is 9.35 Å². The lowest BCUT2D eigenvalue weighted by atomic mass is 10.00. The van der Waals surface area contributed by atoms with Crippen LogP contribution in [0.1, 0.15) is 10.4 Å². The van der Waals surface area contributed by atoms with Gasteiger partial charge in [0.15, 0.2) is 4.90 Å². The Morgan fingerprint density at radius 2 is 1.74 bits per heavy atom. The molecule has 0 aliphatic rings. The first kappa shape index (κ1) is 13.5. The van der Waals surface area contributed by atoms with E-state index in [1.54, 1.807) is 30.5 Å². The van der Waals surface area contributed by atoms with Crippen molar-refractivity contribution in [3.8, 4) is 11.1 Å². The van der Waals surface area contributed by atoms with Crippen LogP contribution in [0.3, 0.4) is 0 Å². The number of benzene rings is 2. The van der Waals surface area contributed by atoms with Gasteiger partial charge in [-0.15, -0.1) is 0 Å². The van der Waals surface area contributed by atoms with Crippen molar-refractivity contribution in [2.45, 2.75) is 4.90 Å². The van der Waals surface area contributed by atoms with E-state index in [0.29, 0.717) is 16.1 Å². The maximum absolute atomic E-state index is 11.7. The maximum Gasteiger partial charge on any atom is 0.250 e. The van der Waals surface area contributed by atoms with Crippen LogP contribution in [0.15, 0.2) is 47.4 Å². The van der Waals surface area contributed by atoms with Crippen LogP contribution in [0.5, 0.6) is 0 Å². The van der Waals surface area contributed by atoms with E-state index in [4.69, 9.17) is 11.5 Å². The summed E-state index contributed by atoms with van der Waals surface area (Å²) in [7, 11) is 0. The Morgan fingerprint density at radius 3 is 2.37 bits per heavy atom. The summed E-state index contributed by atoms with van der Waals surface area (Å²) in [4.78, 5) is 12.0. The summed E-state index contributed by atoms with van der Waals surface area (Å²) in [6, 6.07) is 12.3. The highest BCUT2D eigenvalue weighted by Crippen LogP contribution is 2.33. The highest BCUT2D eigenvalue weighted by molar-refractivity contribution is 7.90. The zero-order valence-electron chi connectivity index (χ0n) is 10.4. The van der Waals surface area contributed by atoms with Crippen LogP contribution in [0.4, 0.5) is 5.69 Å². The largest absolute Gasteiger partial charge is 0.612 e. The smallest absolute Gasteiger partial charge is 0.250 e. The number of amides is 1. The molecule has 5 heteroatoms. The summed E-state index contributed by atoms with van der Waals surface area (Å²) in [5.74, 6) is -0.575. The molecular formula is C14H14N2O2S. The monoisotopic (exact) mass is 274 g/mol. The van der Waals surface area contributed by atoms with Gasteiger partial charge in [-0.2, -0.15) is 0 Å². The number of rotatable bonds is 3. The molecule has 2 rings (SSSR count). The molecule has 0 saturated carbocycles. The van der Waals surface area contributed by atoms with Gasteiger partial charge in [0.25, 0.3) is 5.91 Å². The molecule has 0 spiro atoms. The molecule has 0 aliphatic carbocycles. The zero-order chi connectivity index (χ0) is 14.0. The molecule has 0 heterocycles. The first-order valence-corrected chi connectivity index (χ1v) is 7.19. The number of para-hydroxylation sites is 1. The standard InChI is InChI=1S/C14H14N2O2S/c1-19(18)12-8-3-2-5-9(12)10-6-4-7-11(13(10)15)14(16)17/h2-8H,15H2,1H3,(H2,16,17). The van der Waals surface area contributed by atoms with Crippen molar-refractivity contribution in [1.29, 1.82) is 0 Å². The minimum absolute atomic E-state index is 0.272. The number of hydrogen-bond acceptors (Lipinski definition) is 3. The quantitative estimate of drug-likeness (QED) is 0.660. The Balaban J connectivity index is 2.66. The normalized spacial score (nSPS) is 12.1. The number of nitrogen functional groups attached to an aromatic ring is 1. The second kappa shape index (κ2) is 5.34. The van der Waals surface area contributed by atoms with Crippen molar-refractivity contribution >= 4 is 22.8 Å². The van der Waals surface area contributed by atoms with Gasteiger partial charge in [-0.1, -0.05) is 24.3 Å². The van der Waals surface area contributed by atoms with Gasteiger partial charge in [0.1, 0.15) is 6.26 Å². The fraction of sp³-hybridized carbons (Fsp3) is 0.0714. The molecule has 98 valence electrons. The van der Waals surface area contributed by atoms with Gasteiger partial charge in [-0.3, -0.25) is 4.79 Å². The van der Waals surface area contributed by atoms with Crippen LogP contribution in [0.25, 0.3) is 11.1 Å². The molecule has 2 aromatic rings. The topological polar surface area (TPSA) is 92.2 Å². The van der Waals surface area contributed by atoms with Gasteiger partial charge in [0.05, 0.1) is 11.3 Å². The lowest BCUT2D eigenvalue weighted by Crippen LogP contribution is -2.14. The maximum atomic E-state index is 11.7. The van der Waals surface area contributed by atoms with Gasteiger partial charge in [-0.25, -0.2) is 0 Å². The Labute approximate surface area is 114 Å². The molecule has 0 aromatic heterocycles. The summed E-state index contributed by atoms with van der Waals surface area (Å²) < 4.78 is 11.7. The van der Waals surface area contributed by atoms with Gasteiger partial charge in [0.2, 0.25) is 0 Å². The number of primary amides is 1. The van der Waals surface area contributed by atoms with E-state index in [1.165, 1.54) is 0 Å². The van der Waals surface area contributed by atoms with Crippen molar-refractivity contribution in [1.82, 2.24) is 0 Å². The fourth-order valence-corrected chi connectivity index (χ4v) is 2.71. The Kier molecular flexibility index (Phi) is 3.78. The third kappa shape index (κ3) is 2.57. The molecule has 2 aromatic carbocycles. The summed E-state index contributed by atoms with van der Waals surface area (Å²) in [6.45, 7) is 0. The molecule has 1 unspecified atom stereocenters. The lowest BCUT2D eigenvalue weighted by molar-refractivity contribution is 0.100. The number of carbonyl (C=O) groups excluding carboxylic acids is 1. The third-order valence-corrected chi connectivity index (χ3v) is 3.83. The van der Waals surface area contributed by atoms with Crippen molar-refractivity contribution in [3.63, 3.8) is 0 Å². The van der Waals surface area contributed by atoms with E-state index in [0.717, 1.165) is 5.56 Å². The zero-order valence-corrected chi connectivity index (χ0v) is 11.2. The Hall–Kier alpha value is -1.98. The van der Waals surface area contributed by atoms with Crippen molar-refractivity contribution in [2.75, 3.05) is 12.0 Å². The first-order chi connectivity index (χ1) is 9.02. The van der Waals surface area contributed by atoms with E-state index >= 15 is 0 Å². The second-order valence-corrected chi connectivity index (χ2v) is 5.43. The molecule has 4 N–H and O–H groups in total. The van der Waals surface area contributed by atoms with Gasteiger partial charge in [0, 0.05) is 11.1 Å². The predicted molar refractivity (Wildman–Crippen MR) is 77.1 cm³/mol. The molecular weight excluding hydrogens is 260 g/mol. The number of anilines is 1. The molecule has 0 aliphatic heterocycles. The number of hydrogen-bond donors (Lipinski definition) is 2. The lowest BCUT2D eigenvalue weighted by Gasteiger charge is -2.13. The molecule has 0 bridgehead atoms. The Bertz CT molecular complexity index is 627. The molecule has 1 amide bonds. The minimum Gasteiger partial charge on any atom is -0.612 e. The van der Waals surface area contributed by atoms with E-state index in [9.17, 15) is 9.35 Å². The van der Waals surface area contributed by atoms with E-state index in [2.05, 4.69) is 0 Å². The fourth-order valence-electron chi connectivity index (χ4n) is 1.95. The molecule has 4 nitrogen and oxygen atoms in total. The highest BCUT2D eigenvalue weighted by Gasteiger charge is 2.17. The predicted octanol–water partition coefficient (Wildman–Crippen LogP) is 1.77. The van der Waals surface area contributed by atoms with Crippen LogP contribution >= 0.6 is 0 Å². The van der Waals surface area contributed by atoms with Crippen LogP contribution in [0, 0.1) is 0 Å². The number of carbonyl (C=O) groups is 1. The van der Waals surface area contributed by atoms with Crippen molar-refractivity contribution in [2.24, 2.45) is 5.73 Å². The summed E-state index contributed by atoms with van der Waals surface area (Å²) >= 11 is -1.14. The SMILES string of the molecule is C[S+]([O-])c1ccccc1-c1cccc(C(N)=O)c1N. The van der Waals surface area contributed by atoms with E-state index < -0.39 is 17.1 Å². The highest BCUT2D eigenvalue weighted by atomic mass is 32.2. The van der Waals surface area contributed by atoms with Gasteiger partial charge in [-0.05, 0) is 29.4 Å².